The zero-order valence-electron chi connectivity index (χ0n) is 10.0. The van der Waals surface area contributed by atoms with Gasteiger partial charge >= 0.3 is 5.97 Å². The molecule has 3 nitrogen and oxygen atoms in total. The first-order valence-electron chi connectivity index (χ1n) is 5.75. The fourth-order valence-electron chi connectivity index (χ4n) is 3.23. The first kappa shape index (κ1) is 10.9. The maximum atomic E-state index is 11.6. The molecule has 0 aromatic carbocycles. The molecule has 1 saturated heterocycles. The Morgan fingerprint density at radius 2 is 2.13 bits per heavy atom. The molecule has 4 atom stereocenters. The number of epoxide rings is 1. The lowest BCUT2D eigenvalue weighted by molar-refractivity contribution is -0.146. The minimum Gasteiger partial charge on any atom is -0.467 e. The van der Waals surface area contributed by atoms with Crippen LogP contribution >= 0.6 is 0 Å². The molecule has 2 aliphatic rings. The van der Waals surface area contributed by atoms with E-state index in [0.29, 0.717) is 5.92 Å². The topological polar surface area (TPSA) is 38.8 Å². The molecule has 4 unspecified atom stereocenters. The molecule has 1 saturated carbocycles. The van der Waals surface area contributed by atoms with Crippen molar-refractivity contribution in [1.29, 1.82) is 0 Å². The van der Waals surface area contributed by atoms with Crippen molar-refractivity contribution in [2.24, 2.45) is 11.8 Å². The highest BCUT2D eigenvalue weighted by Gasteiger charge is 2.74. The van der Waals surface area contributed by atoms with Gasteiger partial charge in [-0.15, -0.1) is 0 Å². The van der Waals surface area contributed by atoms with E-state index in [2.05, 4.69) is 13.8 Å². The second-order valence-electron chi connectivity index (χ2n) is 5.30. The monoisotopic (exact) mass is 212 g/mol. The van der Waals surface area contributed by atoms with E-state index in [4.69, 9.17) is 9.47 Å². The molecule has 1 spiro atoms. The van der Waals surface area contributed by atoms with Crippen molar-refractivity contribution >= 4 is 5.97 Å². The second-order valence-corrected chi connectivity index (χ2v) is 5.30. The molecule has 1 aliphatic carbocycles. The van der Waals surface area contributed by atoms with Crippen LogP contribution < -0.4 is 0 Å². The van der Waals surface area contributed by atoms with Crippen molar-refractivity contribution in [2.45, 2.75) is 51.2 Å². The standard InChI is InChI=1S/C12H20O3/c1-8-5-6-12(9(2)7-8)11(3,15-12)10(13)14-4/h8-9H,5-7H2,1-4H3. The summed E-state index contributed by atoms with van der Waals surface area (Å²) in [5.41, 5.74) is -0.909. The maximum Gasteiger partial charge on any atom is 0.340 e. The van der Waals surface area contributed by atoms with Gasteiger partial charge in [0.05, 0.1) is 7.11 Å². The largest absolute Gasteiger partial charge is 0.467 e. The Bertz CT molecular complexity index is 289. The first-order chi connectivity index (χ1) is 6.96. The Balaban J connectivity index is 2.15. The van der Waals surface area contributed by atoms with Gasteiger partial charge in [0.15, 0.2) is 5.60 Å². The third-order valence-corrected chi connectivity index (χ3v) is 4.29. The summed E-state index contributed by atoms with van der Waals surface area (Å²) in [5, 5.41) is 0. The molecule has 15 heavy (non-hydrogen) atoms. The van der Waals surface area contributed by atoms with Crippen LogP contribution in [0.15, 0.2) is 0 Å². The number of carbonyl (C=O) groups excluding carboxylic acids is 1. The van der Waals surface area contributed by atoms with Gasteiger partial charge in [-0.1, -0.05) is 13.8 Å². The second kappa shape index (κ2) is 3.21. The molecule has 0 amide bonds. The molecule has 1 heterocycles. The highest BCUT2D eigenvalue weighted by atomic mass is 16.7. The van der Waals surface area contributed by atoms with Crippen LogP contribution in [-0.2, 0) is 14.3 Å². The Morgan fingerprint density at radius 3 is 2.67 bits per heavy atom. The molecule has 0 aromatic rings. The van der Waals surface area contributed by atoms with Gasteiger partial charge in [0.25, 0.3) is 0 Å². The van der Waals surface area contributed by atoms with Crippen LogP contribution in [0, 0.1) is 11.8 Å². The summed E-state index contributed by atoms with van der Waals surface area (Å²) < 4.78 is 10.6. The van der Waals surface area contributed by atoms with Crippen molar-refractivity contribution in [3.05, 3.63) is 0 Å². The van der Waals surface area contributed by atoms with Crippen LogP contribution in [0.2, 0.25) is 0 Å². The molecule has 0 radical (unpaired) electrons. The fourth-order valence-corrected chi connectivity index (χ4v) is 3.23. The van der Waals surface area contributed by atoms with E-state index in [1.54, 1.807) is 0 Å². The van der Waals surface area contributed by atoms with Gasteiger partial charge in [-0.3, -0.25) is 0 Å². The van der Waals surface area contributed by atoms with Gasteiger partial charge in [0, 0.05) is 0 Å². The average Bonchev–Trinajstić information content (AvgIpc) is 2.81. The molecule has 0 N–H and O–H groups in total. The lowest BCUT2D eigenvalue weighted by Crippen LogP contribution is -2.40. The summed E-state index contributed by atoms with van der Waals surface area (Å²) in [6.45, 7) is 6.32. The number of esters is 1. The van der Waals surface area contributed by atoms with Gasteiger partial charge in [-0.2, -0.15) is 0 Å². The SMILES string of the molecule is COC(=O)C1(C)OC12CCC(C)CC2C. The summed E-state index contributed by atoms with van der Waals surface area (Å²) in [5.74, 6) is 0.978. The fraction of sp³-hybridized carbons (Fsp3) is 0.917. The zero-order chi connectivity index (χ0) is 11.3. The Kier molecular flexibility index (Phi) is 2.34. The molecular formula is C12H20O3. The first-order valence-corrected chi connectivity index (χ1v) is 5.75. The molecule has 2 rings (SSSR count). The summed E-state index contributed by atoms with van der Waals surface area (Å²) in [7, 11) is 1.43. The van der Waals surface area contributed by atoms with E-state index in [9.17, 15) is 4.79 Å². The smallest absolute Gasteiger partial charge is 0.340 e. The number of ether oxygens (including phenoxy) is 2. The van der Waals surface area contributed by atoms with E-state index >= 15 is 0 Å². The minimum atomic E-state index is -0.679. The van der Waals surface area contributed by atoms with E-state index in [1.807, 2.05) is 6.92 Å². The third kappa shape index (κ3) is 1.32. The molecule has 1 aliphatic heterocycles. The van der Waals surface area contributed by atoms with Crippen LogP contribution in [0.1, 0.15) is 40.0 Å². The molecule has 0 aromatic heterocycles. The van der Waals surface area contributed by atoms with Gasteiger partial charge in [0.1, 0.15) is 5.60 Å². The predicted molar refractivity (Wildman–Crippen MR) is 56.4 cm³/mol. The van der Waals surface area contributed by atoms with Crippen molar-refractivity contribution in [3.63, 3.8) is 0 Å². The van der Waals surface area contributed by atoms with Crippen LogP contribution in [-0.4, -0.2) is 24.3 Å². The number of hydrogen-bond acceptors (Lipinski definition) is 3. The van der Waals surface area contributed by atoms with Gasteiger partial charge < -0.3 is 9.47 Å². The van der Waals surface area contributed by atoms with Crippen molar-refractivity contribution in [2.75, 3.05) is 7.11 Å². The normalized spacial score (nSPS) is 49.1. The van der Waals surface area contributed by atoms with Gasteiger partial charge in [-0.05, 0) is 38.0 Å². The number of hydrogen-bond donors (Lipinski definition) is 0. The lowest BCUT2D eigenvalue weighted by atomic mass is 9.70. The van der Waals surface area contributed by atoms with Crippen LogP contribution in [0.4, 0.5) is 0 Å². The quantitative estimate of drug-likeness (QED) is 0.494. The third-order valence-electron chi connectivity index (χ3n) is 4.29. The van der Waals surface area contributed by atoms with Crippen molar-refractivity contribution in [3.8, 4) is 0 Å². The summed E-state index contributed by atoms with van der Waals surface area (Å²) >= 11 is 0. The minimum absolute atomic E-state index is 0.219. The van der Waals surface area contributed by atoms with E-state index in [-0.39, 0.29) is 11.6 Å². The summed E-state index contributed by atoms with van der Waals surface area (Å²) in [4.78, 5) is 11.6. The Labute approximate surface area is 91.1 Å². The molecular weight excluding hydrogens is 192 g/mol. The molecule has 2 fully saturated rings. The Hall–Kier alpha value is -0.570. The van der Waals surface area contributed by atoms with Crippen molar-refractivity contribution in [1.82, 2.24) is 0 Å². The number of methoxy groups -OCH3 is 1. The van der Waals surface area contributed by atoms with E-state index in [1.165, 1.54) is 7.11 Å². The van der Waals surface area contributed by atoms with Crippen LogP contribution in [0.3, 0.4) is 0 Å². The van der Waals surface area contributed by atoms with Crippen LogP contribution in [0.5, 0.6) is 0 Å². The molecule has 0 bridgehead atoms. The van der Waals surface area contributed by atoms with E-state index in [0.717, 1.165) is 25.2 Å². The van der Waals surface area contributed by atoms with Gasteiger partial charge in [0.2, 0.25) is 0 Å². The Morgan fingerprint density at radius 1 is 1.47 bits per heavy atom. The molecule has 86 valence electrons. The predicted octanol–water partition coefficient (Wildman–Crippen LogP) is 2.14. The highest BCUT2D eigenvalue weighted by Crippen LogP contribution is 2.60. The maximum absolute atomic E-state index is 11.6. The van der Waals surface area contributed by atoms with Crippen molar-refractivity contribution < 1.29 is 14.3 Å². The summed E-state index contributed by atoms with van der Waals surface area (Å²) in [6.07, 6.45) is 3.28. The molecule has 3 heteroatoms. The van der Waals surface area contributed by atoms with Gasteiger partial charge in [-0.25, -0.2) is 4.79 Å². The summed E-state index contributed by atoms with van der Waals surface area (Å²) in [6, 6.07) is 0. The van der Waals surface area contributed by atoms with Crippen LogP contribution in [0.25, 0.3) is 0 Å². The highest BCUT2D eigenvalue weighted by molar-refractivity contribution is 5.84. The number of carbonyl (C=O) groups is 1. The lowest BCUT2D eigenvalue weighted by Gasteiger charge is -2.31. The number of rotatable bonds is 1. The average molecular weight is 212 g/mol. The van der Waals surface area contributed by atoms with E-state index < -0.39 is 5.60 Å². The zero-order valence-corrected chi connectivity index (χ0v) is 10.0.